The third-order valence-corrected chi connectivity index (χ3v) is 5.42. The number of rotatable bonds is 4. The highest BCUT2D eigenvalue weighted by Gasteiger charge is 2.24. The molecule has 1 aromatic carbocycles. The van der Waals surface area contributed by atoms with Crippen LogP contribution in [0.3, 0.4) is 0 Å². The number of aromatic nitrogens is 3. The molecule has 0 saturated carbocycles. The summed E-state index contributed by atoms with van der Waals surface area (Å²) in [5, 5.41) is 14.8. The topological polar surface area (TPSA) is 71.8 Å². The standard InChI is InChI=1S/C21H31N5O.ClH/c1-14(16-6-8-17(9-7-16)21(3,4)5)23-20(27)19-15(2)26(25-24-19)18-10-12-22-13-11-18;/h6-9,14,18,22H,10-13H2,1-5H3,(H,23,27);1H. The highest BCUT2D eigenvalue weighted by atomic mass is 35.5. The van der Waals surface area contributed by atoms with Crippen molar-refractivity contribution in [3.8, 4) is 0 Å². The van der Waals surface area contributed by atoms with Gasteiger partial charge in [0.2, 0.25) is 0 Å². The molecule has 0 aliphatic carbocycles. The maximum atomic E-state index is 12.7. The molecule has 0 spiro atoms. The maximum Gasteiger partial charge on any atom is 0.274 e. The highest BCUT2D eigenvalue weighted by molar-refractivity contribution is 5.93. The molecule has 1 saturated heterocycles. The van der Waals surface area contributed by atoms with Crippen LogP contribution in [0.4, 0.5) is 0 Å². The molecule has 2 heterocycles. The minimum Gasteiger partial charge on any atom is -0.344 e. The van der Waals surface area contributed by atoms with Crippen LogP contribution in [0.2, 0.25) is 0 Å². The summed E-state index contributed by atoms with van der Waals surface area (Å²) >= 11 is 0. The molecule has 1 aliphatic rings. The summed E-state index contributed by atoms with van der Waals surface area (Å²) in [6.45, 7) is 12.5. The van der Waals surface area contributed by atoms with Gasteiger partial charge in [-0.2, -0.15) is 0 Å². The molecule has 1 aromatic heterocycles. The van der Waals surface area contributed by atoms with Gasteiger partial charge in [0, 0.05) is 0 Å². The molecule has 1 unspecified atom stereocenters. The van der Waals surface area contributed by atoms with E-state index < -0.39 is 0 Å². The monoisotopic (exact) mass is 405 g/mol. The van der Waals surface area contributed by atoms with E-state index in [0.29, 0.717) is 11.7 Å². The summed E-state index contributed by atoms with van der Waals surface area (Å²) in [6.07, 6.45) is 2.03. The molecule has 0 bridgehead atoms. The lowest BCUT2D eigenvalue weighted by molar-refractivity contribution is 0.0934. The van der Waals surface area contributed by atoms with E-state index in [2.05, 4.69) is 66.0 Å². The van der Waals surface area contributed by atoms with Crippen molar-refractivity contribution in [3.63, 3.8) is 0 Å². The Morgan fingerprint density at radius 3 is 2.39 bits per heavy atom. The lowest BCUT2D eigenvalue weighted by atomic mass is 9.86. The minimum atomic E-state index is -0.167. The summed E-state index contributed by atoms with van der Waals surface area (Å²) in [6, 6.07) is 8.68. The third kappa shape index (κ3) is 4.92. The largest absolute Gasteiger partial charge is 0.344 e. The first kappa shape index (κ1) is 22.4. The first-order chi connectivity index (χ1) is 12.8. The van der Waals surface area contributed by atoms with Gasteiger partial charge in [-0.25, -0.2) is 4.68 Å². The Morgan fingerprint density at radius 1 is 1.21 bits per heavy atom. The van der Waals surface area contributed by atoms with Crippen LogP contribution < -0.4 is 10.6 Å². The van der Waals surface area contributed by atoms with Crippen molar-refractivity contribution >= 4 is 18.3 Å². The van der Waals surface area contributed by atoms with Crippen molar-refractivity contribution in [2.45, 2.75) is 65.0 Å². The molecule has 1 fully saturated rings. The van der Waals surface area contributed by atoms with Crippen LogP contribution in [0, 0.1) is 6.92 Å². The van der Waals surface area contributed by atoms with E-state index in [1.165, 1.54) is 5.56 Å². The van der Waals surface area contributed by atoms with Crippen LogP contribution in [-0.4, -0.2) is 34.0 Å². The average molecular weight is 406 g/mol. The Labute approximate surface area is 173 Å². The van der Waals surface area contributed by atoms with Gasteiger partial charge < -0.3 is 10.6 Å². The number of carbonyl (C=O) groups is 1. The van der Waals surface area contributed by atoms with Crippen LogP contribution in [0.25, 0.3) is 0 Å². The zero-order valence-electron chi connectivity index (χ0n) is 17.5. The number of halogens is 1. The molecule has 6 nitrogen and oxygen atoms in total. The van der Waals surface area contributed by atoms with E-state index in [0.717, 1.165) is 37.2 Å². The second kappa shape index (κ2) is 9.05. The summed E-state index contributed by atoms with van der Waals surface area (Å²) in [5.41, 5.74) is 3.75. The molecular weight excluding hydrogens is 374 g/mol. The van der Waals surface area contributed by atoms with Crippen molar-refractivity contribution in [1.82, 2.24) is 25.6 Å². The van der Waals surface area contributed by atoms with Gasteiger partial charge in [0.15, 0.2) is 5.69 Å². The quantitative estimate of drug-likeness (QED) is 0.813. The third-order valence-electron chi connectivity index (χ3n) is 5.42. The van der Waals surface area contributed by atoms with E-state index >= 15 is 0 Å². The van der Waals surface area contributed by atoms with Crippen molar-refractivity contribution in [2.24, 2.45) is 0 Å². The Balaban J connectivity index is 0.00000280. The predicted octanol–water partition coefficient (Wildman–Crippen LogP) is 3.72. The lowest BCUT2D eigenvalue weighted by Crippen LogP contribution is -2.31. The van der Waals surface area contributed by atoms with Gasteiger partial charge in [0.25, 0.3) is 5.91 Å². The van der Waals surface area contributed by atoms with Gasteiger partial charge in [-0.3, -0.25) is 4.79 Å². The van der Waals surface area contributed by atoms with E-state index in [-0.39, 0.29) is 29.8 Å². The summed E-state index contributed by atoms with van der Waals surface area (Å²) in [7, 11) is 0. The molecule has 1 aliphatic heterocycles. The number of amides is 1. The number of hydrogen-bond acceptors (Lipinski definition) is 4. The molecule has 7 heteroatoms. The number of carbonyl (C=O) groups excluding carboxylic acids is 1. The highest BCUT2D eigenvalue weighted by Crippen LogP contribution is 2.24. The van der Waals surface area contributed by atoms with Gasteiger partial charge in [0.05, 0.1) is 17.8 Å². The number of benzene rings is 1. The number of piperidine rings is 1. The Morgan fingerprint density at radius 2 is 1.82 bits per heavy atom. The molecule has 1 atom stereocenters. The van der Waals surface area contributed by atoms with E-state index in [4.69, 9.17) is 0 Å². The van der Waals surface area contributed by atoms with Gasteiger partial charge in [0.1, 0.15) is 0 Å². The van der Waals surface area contributed by atoms with Gasteiger partial charge in [-0.05, 0) is 56.3 Å². The Bertz CT molecular complexity index is 788. The van der Waals surface area contributed by atoms with Crippen LogP contribution in [0.15, 0.2) is 24.3 Å². The fourth-order valence-corrected chi connectivity index (χ4v) is 3.57. The molecule has 28 heavy (non-hydrogen) atoms. The van der Waals surface area contributed by atoms with Crippen molar-refractivity contribution in [2.75, 3.05) is 13.1 Å². The van der Waals surface area contributed by atoms with Gasteiger partial charge >= 0.3 is 0 Å². The first-order valence-electron chi connectivity index (χ1n) is 9.81. The Kier molecular flexibility index (Phi) is 7.23. The predicted molar refractivity (Wildman–Crippen MR) is 114 cm³/mol. The second-order valence-electron chi connectivity index (χ2n) is 8.52. The zero-order chi connectivity index (χ0) is 19.6. The lowest BCUT2D eigenvalue weighted by Gasteiger charge is -2.23. The van der Waals surface area contributed by atoms with Crippen LogP contribution in [0.1, 0.15) is 79.9 Å². The van der Waals surface area contributed by atoms with Crippen molar-refractivity contribution in [1.29, 1.82) is 0 Å². The normalized spacial score (nSPS) is 16.3. The smallest absolute Gasteiger partial charge is 0.274 e. The molecule has 1 amide bonds. The molecule has 2 N–H and O–H groups in total. The SMILES string of the molecule is Cc1c(C(=O)NC(C)c2ccc(C(C)(C)C)cc2)nnn1C1CCNCC1.Cl. The van der Waals surface area contributed by atoms with Crippen molar-refractivity contribution < 1.29 is 4.79 Å². The molecule has 0 radical (unpaired) electrons. The van der Waals surface area contributed by atoms with Crippen molar-refractivity contribution in [3.05, 3.63) is 46.8 Å². The first-order valence-corrected chi connectivity index (χ1v) is 9.81. The second-order valence-corrected chi connectivity index (χ2v) is 8.52. The van der Waals surface area contributed by atoms with Gasteiger partial charge in [-0.1, -0.05) is 50.3 Å². The molecule has 3 rings (SSSR count). The molecule has 154 valence electrons. The summed E-state index contributed by atoms with van der Waals surface area (Å²) in [5.74, 6) is -0.167. The molecule has 2 aromatic rings. The zero-order valence-corrected chi connectivity index (χ0v) is 18.3. The maximum absolute atomic E-state index is 12.7. The van der Waals surface area contributed by atoms with E-state index in [1.807, 2.05) is 18.5 Å². The summed E-state index contributed by atoms with van der Waals surface area (Å²) in [4.78, 5) is 12.7. The van der Waals surface area contributed by atoms with Crippen LogP contribution >= 0.6 is 12.4 Å². The van der Waals surface area contributed by atoms with E-state index in [9.17, 15) is 4.79 Å². The van der Waals surface area contributed by atoms with Crippen LogP contribution in [-0.2, 0) is 5.41 Å². The minimum absolute atomic E-state index is 0. The number of nitrogens with zero attached hydrogens (tertiary/aromatic N) is 3. The number of hydrogen-bond donors (Lipinski definition) is 2. The van der Waals surface area contributed by atoms with E-state index in [1.54, 1.807) is 0 Å². The van der Waals surface area contributed by atoms with Gasteiger partial charge in [-0.15, -0.1) is 17.5 Å². The fraction of sp³-hybridized carbons (Fsp3) is 0.571. The fourth-order valence-electron chi connectivity index (χ4n) is 3.57. The number of nitrogens with one attached hydrogen (secondary N) is 2. The summed E-state index contributed by atoms with van der Waals surface area (Å²) < 4.78 is 1.92. The Hall–Kier alpha value is -1.92. The van der Waals surface area contributed by atoms with Crippen LogP contribution in [0.5, 0.6) is 0 Å². The molecular formula is C21H32ClN5O. The average Bonchev–Trinajstić information content (AvgIpc) is 3.03.